The Bertz CT molecular complexity index is 461. The normalized spacial score (nSPS) is 27.6. The monoisotopic (exact) mass is 415 g/mol. The second kappa shape index (κ2) is 8.12. The van der Waals surface area contributed by atoms with Gasteiger partial charge in [-0.2, -0.15) is 0 Å². The van der Waals surface area contributed by atoms with E-state index in [0.29, 0.717) is 6.04 Å². The number of hydrogen-bond donors (Lipinski definition) is 1. The van der Waals surface area contributed by atoms with Crippen molar-refractivity contribution < 1.29 is 0 Å². The quantitative estimate of drug-likeness (QED) is 0.591. The van der Waals surface area contributed by atoms with E-state index < -0.39 is 0 Å². The SMILES string of the molecule is CCCNC(c1cc(Br)ccc1Br)C1CCC(C)C(C)C1. The largest absolute Gasteiger partial charge is 0.310 e. The number of halogens is 2. The number of nitrogens with one attached hydrogen (secondary N) is 1. The summed E-state index contributed by atoms with van der Waals surface area (Å²) in [6.45, 7) is 8.16. The van der Waals surface area contributed by atoms with Crippen LogP contribution in [0.4, 0.5) is 0 Å². The predicted molar refractivity (Wildman–Crippen MR) is 98.5 cm³/mol. The van der Waals surface area contributed by atoms with Crippen LogP contribution in [0.2, 0.25) is 0 Å². The average molecular weight is 417 g/mol. The summed E-state index contributed by atoms with van der Waals surface area (Å²) in [6, 6.07) is 7.01. The molecular weight excluding hydrogens is 390 g/mol. The fourth-order valence-corrected chi connectivity index (χ4v) is 4.35. The molecule has 0 saturated heterocycles. The average Bonchev–Trinajstić information content (AvgIpc) is 2.46. The predicted octanol–water partition coefficient (Wildman–Crippen LogP) is 6.32. The molecule has 1 aliphatic rings. The van der Waals surface area contributed by atoms with E-state index in [-0.39, 0.29) is 0 Å². The highest BCUT2D eigenvalue weighted by atomic mass is 79.9. The Morgan fingerprint density at radius 2 is 1.95 bits per heavy atom. The van der Waals surface area contributed by atoms with Crippen molar-refractivity contribution in [2.75, 3.05) is 6.54 Å². The van der Waals surface area contributed by atoms with Crippen molar-refractivity contribution in [3.8, 4) is 0 Å². The molecule has 1 aromatic carbocycles. The van der Waals surface area contributed by atoms with Gasteiger partial charge < -0.3 is 5.32 Å². The zero-order valence-corrected chi connectivity index (χ0v) is 16.5. The molecule has 2 rings (SSSR count). The first-order valence-corrected chi connectivity index (χ1v) is 9.79. The molecule has 3 heteroatoms. The smallest absolute Gasteiger partial charge is 0.0360 e. The molecule has 0 heterocycles. The van der Waals surface area contributed by atoms with Crippen LogP contribution in [0, 0.1) is 17.8 Å². The van der Waals surface area contributed by atoms with E-state index in [9.17, 15) is 0 Å². The van der Waals surface area contributed by atoms with Gasteiger partial charge in [0, 0.05) is 15.0 Å². The van der Waals surface area contributed by atoms with E-state index in [1.165, 1.54) is 40.2 Å². The van der Waals surface area contributed by atoms with Crippen LogP contribution in [0.25, 0.3) is 0 Å². The van der Waals surface area contributed by atoms with Gasteiger partial charge in [0.05, 0.1) is 0 Å². The highest BCUT2D eigenvalue weighted by Crippen LogP contribution is 2.42. The first kappa shape index (κ1) is 17.5. The summed E-state index contributed by atoms with van der Waals surface area (Å²) in [4.78, 5) is 0. The molecule has 0 aliphatic heterocycles. The van der Waals surface area contributed by atoms with Gasteiger partial charge in [0.25, 0.3) is 0 Å². The van der Waals surface area contributed by atoms with E-state index in [0.717, 1.165) is 24.3 Å². The second-order valence-corrected chi connectivity index (χ2v) is 8.40. The summed E-state index contributed by atoms with van der Waals surface area (Å²) < 4.78 is 2.40. The molecule has 0 radical (unpaired) electrons. The van der Waals surface area contributed by atoms with Crippen molar-refractivity contribution in [1.82, 2.24) is 5.32 Å². The van der Waals surface area contributed by atoms with Crippen LogP contribution in [-0.2, 0) is 0 Å². The lowest BCUT2D eigenvalue weighted by Gasteiger charge is -2.37. The topological polar surface area (TPSA) is 12.0 Å². The molecule has 0 bridgehead atoms. The number of benzene rings is 1. The molecule has 4 atom stereocenters. The van der Waals surface area contributed by atoms with Crippen molar-refractivity contribution in [1.29, 1.82) is 0 Å². The molecule has 1 nitrogen and oxygen atoms in total. The third kappa shape index (κ3) is 4.56. The lowest BCUT2D eigenvalue weighted by Crippen LogP contribution is -2.34. The molecule has 1 saturated carbocycles. The van der Waals surface area contributed by atoms with E-state index in [4.69, 9.17) is 0 Å². The van der Waals surface area contributed by atoms with Gasteiger partial charge in [0.1, 0.15) is 0 Å². The van der Waals surface area contributed by atoms with Gasteiger partial charge in [-0.1, -0.05) is 59.1 Å². The van der Waals surface area contributed by atoms with Gasteiger partial charge in [-0.3, -0.25) is 0 Å². The summed E-state index contributed by atoms with van der Waals surface area (Å²) in [5, 5.41) is 3.81. The Morgan fingerprint density at radius 1 is 1.19 bits per heavy atom. The Hall–Kier alpha value is 0.140. The van der Waals surface area contributed by atoms with Gasteiger partial charge in [0.2, 0.25) is 0 Å². The maximum Gasteiger partial charge on any atom is 0.0360 e. The first-order valence-electron chi connectivity index (χ1n) is 8.21. The maximum atomic E-state index is 3.81. The third-order valence-electron chi connectivity index (χ3n) is 5.02. The van der Waals surface area contributed by atoms with Gasteiger partial charge in [-0.25, -0.2) is 0 Å². The molecule has 1 N–H and O–H groups in total. The lowest BCUT2D eigenvalue weighted by molar-refractivity contribution is 0.171. The van der Waals surface area contributed by atoms with Crippen molar-refractivity contribution in [3.63, 3.8) is 0 Å². The fraction of sp³-hybridized carbons (Fsp3) is 0.667. The van der Waals surface area contributed by atoms with E-state index in [1.807, 2.05) is 0 Å². The Balaban J connectivity index is 2.23. The zero-order valence-electron chi connectivity index (χ0n) is 13.3. The molecule has 1 aliphatic carbocycles. The molecule has 118 valence electrons. The molecular formula is C18H27Br2N. The summed E-state index contributed by atoms with van der Waals surface area (Å²) in [6.07, 6.45) is 5.22. The van der Waals surface area contributed by atoms with Gasteiger partial charge in [-0.05, 0) is 67.3 Å². The van der Waals surface area contributed by atoms with Crippen molar-refractivity contribution >= 4 is 31.9 Å². The van der Waals surface area contributed by atoms with Crippen LogP contribution in [0.5, 0.6) is 0 Å². The summed E-state index contributed by atoms with van der Waals surface area (Å²) in [5.41, 5.74) is 1.41. The van der Waals surface area contributed by atoms with Crippen LogP contribution >= 0.6 is 31.9 Å². The van der Waals surface area contributed by atoms with Gasteiger partial charge >= 0.3 is 0 Å². The van der Waals surface area contributed by atoms with Crippen LogP contribution in [-0.4, -0.2) is 6.54 Å². The van der Waals surface area contributed by atoms with Crippen molar-refractivity contribution in [3.05, 3.63) is 32.7 Å². The molecule has 0 spiro atoms. The minimum Gasteiger partial charge on any atom is -0.310 e. The van der Waals surface area contributed by atoms with Crippen LogP contribution in [0.15, 0.2) is 27.1 Å². The van der Waals surface area contributed by atoms with E-state index in [2.05, 4.69) is 76.1 Å². The molecule has 4 unspecified atom stereocenters. The van der Waals surface area contributed by atoms with Gasteiger partial charge in [-0.15, -0.1) is 0 Å². The number of hydrogen-bond acceptors (Lipinski definition) is 1. The van der Waals surface area contributed by atoms with Crippen LogP contribution in [0.3, 0.4) is 0 Å². The molecule has 1 aromatic rings. The minimum atomic E-state index is 0.465. The van der Waals surface area contributed by atoms with Crippen molar-refractivity contribution in [2.45, 2.75) is 52.5 Å². The third-order valence-corrected chi connectivity index (χ3v) is 6.23. The Labute approximate surface area is 146 Å². The molecule has 21 heavy (non-hydrogen) atoms. The summed E-state index contributed by atoms with van der Waals surface area (Å²) >= 11 is 7.39. The maximum absolute atomic E-state index is 3.81. The Kier molecular flexibility index (Phi) is 6.77. The summed E-state index contributed by atoms with van der Waals surface area (Å²) in [7, 11) is 0. The molecule has 0 amide bonds. The van der Waals surface area contributed by atoms with Gasteiger partial charge in [0.15, 0.2) is 0 Å². The van der Waals surface area contributed by atoms with E-state index in [1.54, 1.807) is 0 Å². The zero-order chi connectivity index (χ0) is 15.4. The van der Waals surface area contributed by atoms with Crippen molar-refractivity contribution in [2.24, 2.45) is 17.8 Å². The Morgan fingerprint density at radius 3 is 2.62 bits per heavy atom. The lowest BCUT2D eigenvalue weighted by atomic mass is 9.72. The highest BCUT2D eigenvalue weighted by molar-refractivity contribution is 9.11. The van der Waals surface area contributed by atoms with Crippen LogP contribution < -0.4 is 5.32 Å². The fourth-order valence-electron chi connectivity index (χ4n) is 3.48. The first-order chi connectivity index (χ1) is 10.0. The molecule has 0 aromatic heterocycles. The van der Waals surface area contributed by atoms with E-state index >= 15 is 0 Å². The second-order valence-electron chi connectivity index (χ2n) is 6.63. The summed E-state index contributed by atoms with van der Waals surface area (Å²) in [5.74, 6) is 2.45. The van der Waals surface area contributed by atoms with Crippen LogP contribution in [0.1, 0.15) is 58.1 Å². The number of rotatable bonds is 5. The minimum absolute atomic E-state index is 0.465. The standard InChI is InChI=1S/C18H27Br2N/c1-4-9-21-18(14-6-5-12(2)13(3)10-14)16-11-15(19)7-8-17(16)20/h7-8,11-14,18,21H,4-6,9-10H2,1-3H3. The highest BCUT2D eigenvalue weighted by Gasteiger charge is 2.31. The molecule has 1 fully saturated rings.